The summed E-state index contributed by atoms with van der Waals surface area (Å²) in [7, 11) is 0. The zero-order valence-corrected chi connectivity index (χ0v) is 14.6. The standard InChI is InChI=1S/C17H23FN4O3/c1-4-6-16-20-15(21-25-16)10-22(5-2)17(24)19-11(3)12-7-8-14(23)13(18)9-12/h7-9,11,23H,4-6,10H2,1-3H3,(H,19,24)/t11-/m0/s1. The third-order valence-electron chi connectivity index (χ3n) is 3.79. The molecule has 2 N–H and O–H groups in total. The maximum atomic E-state index is 13.5. The molecule has 0 saturated carbocycles. The lowest BCUT2D eigenvalue weighted by Gasteiger charge is -2.23. The van der Waals surface area contributed by atoms with Crippen molar-refractivity contribution >= 4 is 6.03 Å². The summed E-state index contributed by atoms with van der Waals surface area (Å²) in [6.45, 7) is 6.29. The summed E-state index contributed by atoms with van der Waals surface area (Å²) in [5.74, 6) is -0.135. The molecular weight excluding hydrogens is 327 g/mol. The third-order valence-corrected chi connectivity index (χ3v) is 3.79. The van der Waals surface area contributed by atoms with Gasteiger partial charge in [0.15, 0.2) is 17.4 Å². The molecule has 1 atom stereocenters. The summed E-state index contributed by atoms with van der Waals surface area (Å²) in [5, 5.41) is 15.9. The van der Waals surface area contributed by atoms with E-state index in [0.29, 0.717) is 30.2 Å². The SMILES string of the molecule is CCCc1nc(CN(CC)C(=O)N[C@@H](C)c2ccc(O)c(F)c2)no1. The second-order valence-corrected chi connectivity index (χ2v) is 5.75. The Kier molecular flexibility index (Phi) is 6.32. The van der Waals surface area contributed by atoms with Crippen LogP contribution in [0.25, 0.3) is 0 Å². The van der Waals surface area contributed by atoms with Crippen LogP contribution >= 0.6 is 0 Å². The number of phenolic OH excluding ortho intramolecular Hbond substituents is 1. The van der Waals surface area contributed by atoms with E-state index in [9.17, 15) is 14.3 Å². The molecule has 8 heteroatoms. The number of urea groups is 1. The minimum absolute atomic E-state index is 0.228. The minimum atomic E-state index is -0.721. The molecule has 2 aromatic rings. The number of aromatic nitrogens is 2. The number of aryl methyl sites for hydroxylation is 1. The van der Waals surface area contributed by atoms with Crippen molar-refractivity contribution in [2.75, 3.05) is 6.54 Å². The fraction of sp³-hybridized carbons (Fsp3) is 0.471. The van der Waals surface area contributed by atoms with E-state index >= 15 is 0 Å². The summed E-state index contributed by atoms with van der Waals surface area (Å²) in [6.07, 6.45) is 1.61. The normalized spacial score (nSPS) is 12.0. The largest absolute Gasteiger partial charge is 0.505 e. The molecule has 1 aromatic carbocycles. The molecule has 0 spiro atoms. The highest BCUT2D eigenvalue weighted by molar-refractivity contribution is 5.74. The number of nitrogens with one attached hydrogen (secondary N) is 1. The van der Waals surface area contributed by atoms with Crippen LogP contribution in [-0.2, 0) is 13.0 Å². The Bertz CT molecular complexity index is 720. The zero-order valence-electron chi connectivity index (χ0n) is 14.6. The van der Waals surface area contributed by atoms with Crippen molar-refractivity contribution in [3.05, 3.63) is 41.3 Å². The Hall–Kier alpha value is -2.64. The number of rotatable bonds is 7. The van der Waals surface area contributed by atoms with E-state index in [0.717, 1.165) is 6.42 Å². The van der Waals surface area contributed by atoms with Gasteiger partial charge in [0.05, 0.1) is 12.6 Å². The van der Waals surface area contributed by atoms with Crippen molar-refractivity contribution in [1.29, 1.82) is 0 Å². The fourth-order valence-electron chi connectivity index (χ4n) is 2.32. The van der Waals surface area contributed by atoms with Gasteiger partial charge in [-0.2, -0.15) is 4.98 Å². The number of carbonyl (C=O) groups excluding carboxylic acids is 1. The molecule has 1 aromatic heterocycles. The first-order valence-corrected chi connectivity index (χ1v) is 8.29. The molecule has 0 aliphatic carbocycles. The highest BCUT2D eigenvalue weighted by atomic mass is 19.1. The number of halogens is 1. The Balaban J connectivity index is 1.99. The lowest BCUT2D eigenvalue weighted by molar-refractivity contribution is 0.192. The molecule has 0 aliphatic rings. The van der Waals surface area contributed by atoms with Gasteiger partial charge in [-0.3, -0.25) is 0 Å². The van der Waals surface area contributed by atoms with E-state index in [1.165, 1.54) is 17.0 Å². The van der Waals surface area contributed by atoms with Crippen molar-refractivity contribution in [2.24, 2.45) is 0 Å². The predicted molar refractivity (Wildman–Crippen MR) is 89.4 cm³/mol. The summed E-state index contributed by atoms with van der Waals surface area (Å²) < 4.78 is 18.6. The Labute approximate surface area is 145 Å². The van der Waals surface area contributed by atoms with Gasteiger partial charge < -0.3 is 19.8 Å². The van der Waals surface area contributed by atoms with Gasteiger partial charge in [-0.25, -0.2) is 9.18 Å². The lowest BCUT2D eigenvalue weighted by atomic mass is 10.1. The van der Waals surface area contributed by atoms with Gasteiger partial charge in [0, 0.05) is 13.0 Å². The Morgan fingerprint density at radius 3 is 2.84 bits per heavy atom. The monoisotopic (exact) mass is 350 g/mol. The zero-order chi connectivity index (χ0) is 18.4. The molecule has 0 bridgehead atoms. The fourth-order valence-corrected chi connectivity index (χ4v) is 2.32. The van der Waals surface area contributed by atoms with Gasteiger partial charge in [-0.15, -0.1) is 0 Å². The molecule has 0 radical (unpaired) electrons. The van der Waals surface area contributed by atoms with E-state index in [1.807, 2.05) is 13.8 Å². The highest BCUT2D eigenvalue weighted by Crippen LogP contribution is 2.21. The molecule has 0 aliphatic heterocycles. The van der Waals surface area contributed by atoms with Crippen LogP contribution in [0.15, 0.2) is 22.7 Å². The number of benzene rings is 1. The van der Waals surface area contributed by atoms with Crippen LogP contribution in [0, 0.1) is 5.82 Å². The maximum Gasteiger partial charge on any atom is 0.318 e. The summed E-state index contributed by atoms with van der Waals surface area (Å²) in [6, 6.07) is 3.30. The molecule has 136 valence electrons. The molecule has 2 amide bonds. The number of hydrogen-bond acceptors (Lipinski definition) is 5. The molecule has 7 nitrogen and oxygen atoms in total. The number of amides is 2. The van der Waals surface area contributed by atoms with Crippen molar-refractivity contribution in [2.45, 2.75) is 46.2 Å². The van der Waals surface area contributed by atoms with Crippen molar-refractivity contribution in [3.63, 3.8) is 0 Å². The van der Waals surface area contributed by atoms with Gasteiger partial charge in [-0.05, 0) is 38.0 Å². The summed E-state index contributed by atoms with van der Waals surface area (Å²) in [5.41, 5.74) is 0.560. The van der Waals surface area contributed by atoms with E-state index < -0.39 is 17.6 Å². The summed E-state index contributed by atoms with van der Waals surface area (Å²) >= 11 is 0. The van der Waals surface area contributed by atoms with Gasteiger partial charge >= 0.3 is 6.03 Å². The van der Waals surface area contributed by atoms with Crippen molar-refractivity contribution < 1.29 is 18.8 Å². The van der Waals surface area contributed by atoms with E-state index in [4.69, 9.17) is 4.52 Å². The van der Waals surface area contributed by atoms with Crippen LogP contribution in [0.2, 0.25) is 0 Å². The van der Waals surface area contributed by atoms with Crippen LogP contribution in [0.4, 0.5) is 9.18 Å². The number of hydrogen-bond donors (Lipinski definition) is 2. The minimum Gasteiger partial charge on any atom is -0.505 e. The van der Waals surface area contributed by atoms with E-state index in [2.05, 4.69) is 15.5 Å². The predicted octanol–water partition coefficient (Wildman–Crippen LogP) is 3.16. The smallest absolute Gasteiger partial charge is 0.318 e. The summed E-state index contributed by atoms with van der Waals surface area (Å²) in [4.78, 5) is 18.2. The Morgan fingerprint density at radius 1 is 1.44 bits per heavy atom. The van der Waals surface area contributed by atoms with Gasteiger partial charge in [0.2, 0.25) is 5.89 Å². The topological polar surface area (TPSA) is 91.5 Å². The number of nitrogens with zero attached hydrogens (tertiary/aromatic N) is 3. The highest BCUT2D eigenvalue weighted by Gasteiger charge is 2.18. The second-order valence-electron chi connectivity index (χ2n) is 5.75. The number of aromatic hydroxyl groups is 1. The van der Waals surface area contributed by atoms with Gasteiger partial charge in [0.25, 0.3) is 0 Å². The van der Waals surface area contributed by atoms with Crippen LogP contribution in [0.5, 0.6) is 5.75 Å². The average Bonchev–Trinajstić information content (AvgIpc) is 3.02. The van der Waals surface area contributed by atoms with Crippen LogP contribution in [-0.4, -0.2) is 32.7 Å². The van der Waals surface area contributed by atoms with Gasteiger partial charge in [0.1, 0.15) is 0 Å². The van der Waals surface area contributed by atoms with Crippen molar-refractivity contribution in [3.8, 4) is 5.75 Å². The first kappa shape index (κ1) is 18.7. The van der Waals surface area contributed by atoms with Gasteiger partial charge in [-0.1, -0.05) is 18.1 Å². The van der Waals surface area contributed by atoms with E-state index in [-0.39, 0.29) is 12.6 Å². The third kappa shape index (κ3) is 4.91. The number of carbonyl (C=O) groups is 1. The maximum absolute atomic E-state index is 13.5. The van der Waals surface area contributed by atoms with Crippen LogP contribution < -0.4 is 5.32 Å². The average molecular weight is 350 g/mol. The number of phenols is 1. The molecule has 25 heavy (non-hydrogen) atoms. The Morgan fingerprint density at radius 2 is 2.20 bits per heavy atom. The van der Waals surface area contributed by atoms with E-state index in [1.54, 1.807) is 13.0 Å². The molecule has 0 fully saturated rings. The molecule has 0 unspecified atom stereocenters. The molecule has 1 heterocycles. The van der Waals surface area contributed by atoms with Crippen LogP contribution in [0.3, 0.4) is 0 Å². The molecule has 0 saturated heterocycles. The van der Waals surface area contributed by atoms with Crippen molar-refractivity contribution in [1.82, 2.24) is 20.4 Å². The molecular formula is C17H23FN4O3. The second kappa shape index (κ2) is 8.46. The quantitative estimate of drug-likeness (QED) is 0.800. The first-order valence-electron chi connectivity index (χ1n) is 8.29. The molecule has 2 rings (SSSR count). The first-order chi connectivity index (χ1) is 11.9. The lowest BCUT2D eigenvalue weighted by Crippen LogP contribution is -2.40. The van der Waals surface area contributed by atoms with Crippen LogP contribution in [0.1, 0.15) is 50.5 Å².